The van der Waals surface area contributed by atoms with Gasteiger partial charge < -0.3 is 9.64 Å². The van der Waals surface area contributed by atoms with Gasteiger partial charge in [-0.3, -0.25) is 15.1 Å². The Kier molecular flexibility index (Phi) is 7.40. The zero-order chi connectivity index (χ0) is 22.2. The van der Waals surface area contributed by atoms with Gasteiger partial charge in [0.05, 0.1) is 18.7 Å². The summed E-state index contributed by atoms with van der Waals surface area (Å²) in [5.41, 5.74) is 2.07. The Morgan fingerprint density at radius 1 is 1.10 bits per heavy atom. The Bertz CT molecular complexity index is 1070. The summed E-state index contributed by atoms with van der Waals surface area (Å²) < 4.78 is 18.5. The molecule has 0 aliphatic heterocycles. The van der Waals surface area contributed by atoms with Crippen molar-refractivity contribution in [2.45, 2.75) is 13.5 Å². The summed E-state index contributed by atoms with van der Waals surface area (Å²) in [5, 5.41) is 2.77. The van der Waals surface area contributed by atoms with E-state index in [4.69, 9.17) is 17.0 Å². The number of ether oxygens (including phenoxy) is 1. The third kappa shape index (κ3) is 5.93. The average molecular weight is 437 g/mol. The topological polar surface area (TPSA) is 71.5 Å². The van der Waals surface area contributed by atoms with E-state index < -0.39 is 17.7 Å². The van der Waals surface area contributed by atoms with Crippen LogP contribution in [0.1, 0.15) is 33.2 Å². The number of carbonyl (C=O) groups excluding carboxylic acids is 2. The maximum Gasteiger partial charge on any atom is 0.338 e. The van der Waals surface area contributed by atoms with Crippen molar-refractivity contribution in [2.24, 2.45) is 0 Å². The van der Waals surface area contributed by atoms with Gasteiger partial charge in [-0.1, -0.05) is 12.1 Å². The van der Waals surface area contributed by atoms with Crippen LogP contribution in [0.3, 0.4) is 0 Å². The molecule has 0 spiro atoms. The number of rotatable bonds is 6. The molecule has 1 amide bonds. The standard InChI is InChI=1S/C23H20FN3O3S/c1-2-30-22(29)17-8-10-20(11-9-17)27(15-16-5-4-12-25-14-16)23(31)26-21(28)18-6-3-7-19(24)13-18/h3-14H,2,15H2,1H3,(H,26,28,31). The highest BCUT2D eigenvalue weighted by atomic mass is 32.1. The van der Waals surface area contributed by atoms with Crippen LogP contribution in [-0.2, 0) is 11.3 Å². The third-order valence-corrected chi connectivity index (χ3v) is 4.63. The molecule has 2 aromatic carbocycles. The second kappa shape index (κ2) is 10.4. The van der Waals surface area contributed by atoms with Gasteiger partial charge in [0.15, 0.2) is 5.11 Å². The largest absolute Gasteiger partial charge is 0.462 e. The number of amides is 1. The van der Waals surface area contributed by atoms with E-state index in [0.29, 0.717) is 17.8 Å². The fourth-order valence-electron chi connectivity index (χ4n) is 2.81. The van der Waals surface area contributed by atoms with Crippen LogP contribution in [0.15, 0.2) is 73.1 Å². The number of carbonyl (C=O) groups is 2. The van der Waals surface area contributed by atoms with Crippen molar-refractivity contribution in [1.29, 1.82) is 0 Å². The van der Waals surface area contributed by atoms with E-state index in [9.17, 15) is 14.0 Å². The molecule has 0 aliphatic carbocycles. The SMILES string of the molecule is CCOC(=O)c1ccc(N(Cc2cccnc2)C(=S)NC(=O)c2cccc(F)c2)cc1. The Balaban J connectivity index is 1.84. The maximum atomic E-state index is 13.5. The fourth-order valence-corrected chi connectivity index (χ4v) is 3.08. The van der Waals surface area contributed by atoms with Gasteiger partial charge in [-0.05, 0) is 73.2 Å². The van der Waals surface area contributed by atoms with Gasteiger partial charge in [-0.15, -0.1) is 0 Å². The Labute approximate surface area is 184 Å². The number of esters is 1. The number of hydrogen-bond acceptors (Lipinski definition) is 5. The van der Waals surface area contributed by atoms with E-state index in [1.807, 2.05) is 6.07 Å². The molecule has 1 aromatic heterocycles. The van der Waals surface area contributed by atoms with Crippen LogP contribution in [0.2, 0.25) is 0 Å². The molecule has 1 N–H and O–H groups in total. The molecule has 0 radical (unpaired) electrons. The maximum absolute atomic E-state index is 13.5. The third-order valence-electron chi connectivity index (χ3n) is 4.31. The molecule has 0 fully saturated rings. The van der Waals surface area contributed by atoms with Crippen LogP contribution in [0.4, 0.5) is 10.1 Å². The van der Waals surface area contributed by atoms with Crippen molar-refractivity contribution in [3.8, 4) is 0 Å². The lowest BCUT2D eigenvalue weighted by Crippen LogP contribution is -2.42. The molecule has 0 saturated carbocycles. The summed E-state index contributed by atoms with van der Waals surface area (Å²) in [6.45, 7) is 2.35. The van der Waals surface area contributed by atoms with Gasteiger partial charge in [0.1, 0.15) is 5.82 Å². The van der Waals surface area contributed by atoms with Gasteiger partial charge in [-0.25, -0.2) is 9.18 Å². The molecule has 8 heteroatoms. The number of nitrogens with zero attached hydrogens (tertiary/aromatic N) is 2. The van der Waals surface area contributed by atoms with Crippen molar-refractivity contribution in [1.82, 2.24) is 10.3 Å². The van der Waals surface area contributed by atoms with Crippen LogP contribution in [0.25, 0.3) is 0 Å². The molecule has 0 atom stereocenters. The van der Waals surface area contributed by atoms with E-state index in [0.717, 1.165) is 11.6 Å². The fraction of sp³-hybridized carbons (Fsp3) is 0.130. The van der Waals surface area contributed by atoms with E-state index in [1.165, 1.54) is 18.2 Å². The second-order valence-corrected chi connectivity index (χ2v) is 6.87. The molecule has 0 bridgehead atoms. The van der Waals surface area contributed by atoms with E-state index >= 15 is 0 Å². The number of halogens is 1. The minimum atomic E-state index is -0.524. The van der Waals surface area contributed by atoms with E-state index in [2.05, 4.69) is 10.3 Å². The average Bonchev–Trinajstić information content (AvgIpc) is 2.78. The first-order valence-corrected chi connectivity index (χ1v) is 9.93. The number of thiocarbonyl (C=S) groups is 1. The van der Waals surface area contributed by atoms with Gasteiger partial charge in [-0.2, -0.15) is 0 Å². The van der Waals surface area contributed by atoms with Gasteiger partial charge >= 0.3 is 5.97 Å². The molecule has 0 saturated heterocycles. The predicted octanol–water partition coefficient (Wildman–Crippen LogP) is 4.12. The number of pyridine rings is 1. The van der Waals surface area contributed by atoms with Gasteiger partial charge in [0.2, 0.25) is 0 Å². The first kappa shape index (κ1) is 22.0. The zero-order valence-corrected chi connectivity index (χ0v) is 17.6. The van der Waals surface area contributed by atoms with Crippen LogP contribution < -0.4 is 10.2 Å². The Morgan fingerprint density at radius 3 is 2.52 bits per heavy atom. The quantitative estimate of drug-likeness (QED) is 0.462. The predicted molar refractivity (Wildman–Crippen MR) is 119 cm³/mol. The first-order chi connectivity index (χ1) is 15.0. The molecule has 3 rings (SSSR count). The molecular formula is C23H20FN3O3S. The summed E-state index contributed by atoms with van der Waals surface area (Å²) in [7, 11) is 0. The second-order valence-electron chi connectivity index (χ2n) is 6.48. The highest BCUT2D eigenvalue weighted by Gasteiger charge is 2.18. The van der Waals surface area contributed by atoms with Crippen molar-refractivity contribution in [3.63, 3.8) is 0 Å². The number of nitrogens with one attached hydrogen (secondary N) is 1. The van der Waals surface area contributed by atoms with E-state index in [1.54, 1.807) is 54.5 Å². The molecule has 31 heavy (non-hydrogen) atoms. The lowest BCUT2D eigenvalue weighted by Gasteiger charge is -2.25. The highest BCUT2D eigenvalue weighted by molar-refractivity contribution is 7.80. The summed E-state index contributed by atoms with van der Waals surface area (Å²) in [4.78, 5) is 30.3. The Morgan fingerprint density at radius 2 is 1.87 bits per heavy atom. The molecule has 6 nitrogen and oxygen atoms in total. The smallest absolute Gasteiger partial charge is 0.338 e. The monoisotopic (exact) mass is 437 g/mol. The van der Waals surface area contributed by atoms with Crippen molar-refractivity contribution in [2.75, 3.05) is 11.5 Å². The van der Waals surface area contributed by atoms with Gasteiger partial charge in [0.25, 0.3) is 5.91 Å². The van der Waals surface area contributed by atoms with E-state index in [-0.39, 0.29) is 17.3 Å². The first-order valence-electron chi connectivity index (χ1n) is 9.52. The molecular weight excluding hydrogens is 417 g/mol. The molecule has 3 aromatic rings. The van der Waals surface area contributed by atoms with Crippen LogP contribution in [-0.4, -0.2) is 28.6 Å². The van der Waals surface area contributed by atoms with Gasteiger partial charge in [0, 0.05) is 23.6 Å². The van der Waals surface area contributed by atoms with Crippen LogP contribution in [0.5, 0.6) is 0 Å². The Hall–Kier alpha value is -3.65. The number of hydrogen-bond donors (Lipinski definition) is 1. The summed E-state index contributed by atoms with van der Waals surface area (Å²) >= 11 is 5.48. The minimum Gasteiger partial charge on any atom is -0.462 e. The van der Waals surface area contributed by atoms with Crippen molar-refractivity contribution < 1.29 is 18.7 Å². The van der Waals surface area contributed by atoms with Crippen molar-refractivity contribution >= 4 is 34.9 Å². The molecule has 0 unspecified atom stereocenters. The zero-order valence-electron chi connectivity index (χ0n) is 16.7. The summed E-state index contributed by atoms with van der Waals surface area (Å²) in [6.07, 6.45) is 3.35. The molecule has 1 heterocycles. The number of aromatic nitrogens is 1. The summed E-state index contributed by atoms with van der Waals surface area (Å²) in [6, 6.07) is 15.7. The molecule has 0 aliphatic rings. The minimum absolute atomic E-state index is 0.127. The number of benzene rings is 2. The number of anilines is 1. The lowest BCUT2D eigenvalue weighted by atomic mass is 10.2. The lowest BCUT2D eigenvalue weighted by molar-refractivity contribution is 0.0526. The van der Waals surface area contributed by atoms with Crippen LogP contribution in [0, 0.1) is 5.82 Å². The van der Waals surface area contributed by atoms with Crippen molar-refractivity contribution in [3.05, 3.63) is 95.6 Å². The van der Waals surface area contributed by atoms with Crippen LogP contribution >= 0.6 is 12.2 Å². The molecule has 158 valence electrons. The normalized spacial score (nSPS) is 10.3. The summed E-state index contributed by atoms with van der Waals surface area (Å²) in [5.74, 6) is -1.46. The highest BCUT2D eigenvalue weighted by Crippen LogP contribution is 2.19.